The number of aryl methyl sites for hydroxylation is 3. The van der Waals surface area contributed by atoms with Crippen molar-refractivity contribution in [2.45, 2.75) is 33.7 Å². The molecule has 20 heavy (non-hydrogen) atoms. The molecule has 0 aliphatic carbocycles. The third-order valence-corrected chi connectivity index (χ3v) is 5.09. The van der Waals surface area contributed by atoms with Crippen LogP contribution in [-0.2, 0) is 13.0 Å². The van der Waals surface area contributed by atoms with Crippen LogP contribution in [0.25, 0.3) is 11.4 Å². The number of hydrogen-bond donors (Lipinski definition) is 1. The Kier molecular flexibility index (Phi) is 3.61. The van der Waals surface area contributed by atoms with E-state index in [4.69, 9.17) is 9.97 Å². The molecule has 2 aromatic rings. The Morgan fingerprint density at radius 1 is 1.10 bits per heavy atom. The summed E-state index contributed by atoms with van der Waals surface area (Å²) in [7, 11) is 0. The Morgan fingerprint density at radius 2 is 1.80 bits per heavy atom. The number of fused-ring (bicyclic) bond motifs is 1. The van der Waals surface area contributed by atoms with Crippen molar-refractivity contribution in [1.29, 1.82) is 0 Å². The minimum absolute atomic E-state index is 0.849. The third kappa shape index (κ3) is 2.38. The molecule has 0 amide bonds. The van der Waals surface area contributed by atoms with Crippen molar-refractivity contribution >= 4 is 15.9 Å². The second-order valence-electron chi connectivity index (χ2n) is 5.41. The Bertz CT molecular complexity index is 657. The molecule has 1 aliphatic rings. The van der Waals surface area contributed by atoms with Gasteiger partial charge in [0.1, 0.15) is 0 Å². The maximum Gasteiger partial charge on any atom is 0.159 e. The van der Waals surface area contributed by atoms with Crippen LogP contribution in [0, 0.1) is 20.8 Å². The largest absolute Gasteiger partial charge is 0.312 e. The minimum Gasteiger partial charge on any atom is -0.312 e. The quantitative estimate of drug-likeness (QED) is 0.869. The van der Waals surface area contributed by atoms with Gasteiger partial charge in [-0.2, -0.15) is 0 Å². The van der Waals surface area contributed by atoms with Crippen LogP contribution in [0.4, 0.5) is 0 Å². The fourth-order valence-electron chi connectivity index (χ4n) is 2.72. The maximum absolute atomic E-state index is 4.79. The molecule has 3 nitrogen and oxygen atoms in total. The van der Waals surface area contributed by atoms with Crippen LogP contribution < -0.4 is 5.32 Å². The Morgan fingerprint density at radius 3 is 2.50 bits per heavy atom. The second kappa shape index (κ2) is 5.26. The van der Waals surface area contributed by atoms with Crippen molar-refractivity contribution in [2.24, 2.45) is 0 Å². The lowest BCUT2D eigenvalue weighted by Gasteiger charge is -2.19. The first kappa shape index (κ1) is 13.7. The highest BCUT2D eigenvalue weighted by Crippen LogP contribution is 2.28. The molecule has 0 atom stereocenters. The molecule has 0 saturated carbocycles. The van der Waals surface area contributed by atoms with E-state index in [1.54, 1.807) is 0 Å². The van der Waals surface area contributed by atoms with Gasteiger partial charge in [-0.05, 0) is 44.0 Å². The van der Waals surface area contributed by atoms with E-state index in [0.29, 0.717) is 0 Å². The highest BCUT2D eigenvalue weighted by atomic mass is 79.9. The van der Waals surface area contributed by atoms with Crippen molar-refractivity contribution in [3.63, 3.8) is 0 Å². The van der Waals surface area contributed by atoms with Gasteiger partial charge >= 0.3 is 0 Å². The summed E-state index contributed by atoms with van der Waals surface area (Å²) in [6.45, 7) is 8.18. The fourth-order valence-corrected chi connectivity index (χ4v) is 2.95. The fraction of sp³-hybridized carbons (Fsp3) is 0.375. The molecular formula is C16H18BrN3. The maximum atomic E-state index is 4.79. The SMILES string of the molecule is Cc1cc(-c2nc(C)c3c(n2)CCNC3)cc(C)c1Br. The van der Waals surface area contributed by atoms with Crippen molar-refractivity contribution in [2.75, 3.05) is 6.54 Å². The lowest BCUT2D eigenvalue weighted by molar-refractivity contribution is 0.622. The summed E-state index contributed by atoms with van der Waals surface area (Å²) in [4.78, 5) is 9.49. The molecular weight excluding hydrogens is 314 g/mol. The number of benzene rings is 1. The highest BCUT2D eigenvalue weighted by Gasteiger charge is 2.16. The number of aromatic nitrogens is 2. The molecule has 0 saturated heterocycles. The van der Waals surface area contributed by atoms with Gasteiger partial charge in [0.15, 0.2) is 5.82 Å². The highest BCUT2D eigenvalue weighted by molar-refractivity contribution is 9.10. The van der Waals surface area contributed by atoms with Gasteiger partial charge in [-0.15, -0.1) is 0 Å². The van der Waals surface area contributed by atoms with Crippen LogP contribution in [0.5, 0.6) is 0 Å². The van der Waals surface area contributed by atoms with Crippen molar-refractivity contribution in [3.05, 3.63) is 44.7 Å². The molecule has 0 radical (unpaired) electrons. The number of hydrogen-bond acceptors (Lipinski definition) is 3. The topological polar surface area (TPSA) is 37.8 Å². The van der Waals surface area contributed by atoms with E-state index >= 15 is 0 Å². The molecule has 0 bridgehead atoms. The molecule has 0 unspecified atom stereocenters. The summed E-state index contributed by atoms with van der Waals surface area (Å²) in [5.74, 6) is 0.849. The summed E-state index contributed by atoms with van der Waals surface area (Å²) >= 11 is 3.61. The van der Waals surface area contributed by atoms with Crippen LogP contribution in [0.3, 0.4) is 0 Å². The van der Waals surface area contributed by atoms with Crippen molar-refractivity contribution in [3.8, 4) is 11.4 Å². The number of halogens is 1. The van der Waals surface area contributed by atoms with Crippen LogP contribution >= 0.6 is 15.9 Å². The predicted octanol–water partition coefficient (Wildman–Crippen LogP) is 3.48. The molecule has 0 spiro atoms. The summed E-state index contributed by atoms with van der Waals surface area (Å²) in [5.41, 5.74) is 7.11. The van der Waals surface area contributed by atoms with Crippen LogP contribution in [0.1, 0.15) is 28.1 Å². The van der Waals surface area contributed by atoms with Gasteiger partial charge in [-0.3, -0.25) is 0 Å². The van der Waals surface area contributed by atoms with Crippen molar-refractivity contribution in [1.82, 2.24) is 15.3 Å². The molecule has 1 aliphatic heterocycles. The van der Waals surface area contributed by atoms with E-state index in [9.17, 15) is 0 Å². The molecule has 104 valence electrons. The Labute approximate surface area is 128 Å². The van der Waals surface area contributed by atoms with E-state index in [0.717, 1.165) is 36.6 Å². The molecule has 4 heteroatoms. The Hall–Kier alpha value is -1.26. The summed E-state index contributed by atoms with van der Waals surface area (Å²) in [6.07, 6.45) is 0.986. The average molecular weight is 332 g/mol. The summed E-state index contributed by atoms with van der Waals surface area (Å²) in [6, 6.07) is 4.30. The standard InChI is InChI=1S/C16H18BrN3/c1-9-6-12(7-10(2)15(9)17)16-19-11(3)13-8-18-5-4-14(13)20-16/h6-7,18H,4-5,8H2,1-3H3. The van der Waals surface area contributed by atoms with Crippen molar-refractivity contribution < 1.29 is 0 Å². The Balaban J connectivity index is 2.13. The number of nitrogens with one attached hydrogen (secondary N) is 1. The van der Waals surface area contributed by atoms with Gasteiger partial charge in [0.25, 0.3) is 0 Å². The lowest BCUT2D eigenvalue weighted by Crippen LogP contribution is -2.26. The normalized spacial score (nSPS) is 14.2. The molecule has 2 heterocycles. The zero-order valence-electron chi connectivity index (χ0n) is 12.0. The smallest absolute Gasteiger partial charge is 0.159 e. The average Bonchev–Trinajstić information content (AvgIpc) is 2.44. The van der Waals surface area contributed by atoms with Crippen LogP contribution in [0.15, 0.2) is 16.6 Å². The molecule has 0 fully saturated rings. The molecule has 1 N–H and O–H groups in total. The van der Waals surface area contributed by atoms with Gasteiger partial charge in [-0.25, -0.2) is 9.97 Å². The number of rotatable bonds is 1. The lowest BCUT2D eigenvalue weighted by atomic mass is 10.0. The van der Waals surface area contributed by atoms with Gasteiger partial charge < -0.3 is 5.32 Å². The van der Waals surface area contributed by atoms with E-state index in [1.807, 2.05) is 0 Å². The monoisotopic (exact) mass is 331 g/mol. The van der Waals surface area contributed by atoms with E-state index in [-0.39, 0.29) is 0 Å². The van der Waals surface area contributed by atoms with E-state index in [2.05, 4.69) is 54.2 Å². The van der Waals surface area contributed by atoms with E-state index in [1.165, 1.54) is 26.9 Å². The minimum atomic E-state index is 0.849. The van der Waals surface area contributed by atoms with Gasteiger partial charge in [0, 0.05) is 40.8 Å². The van der Waals surface area contributed by atoms with Gasteiger partial charge in [0.2, 0.25) is 0 Å². The first-order chi connectivity index (χ1) is 9.56. The van der Waals surface area contributed by atoms with Gasteiger partial charge in [0.05, 0.1) is 5.69 Å². The van der Waals surface area contributed by atoms with Crippen LogP contribution in [-0.4, -0.2) is 16.5 Å². The second-order valence-corrected chi connectivity index (χ2v) is 6.20. The first-order valence-electron chi connectivity index (χ1n) is 6.90. The summed E-state index contributed by atoms with van der Waals surface area (Å²) in [5, 5.41) is 3.38. The number of nitrogens with zero attached hydrogens (tertiary/aromatic N) is 2. The molecule has 1 aromatic heterocycles. The first-order valence-corrected chi connectivity index (χ1v) is 7.70. The molecule has 3 rings (SSSR count). The van der Waals surface area contributed by atoms with Crippen LogP contribution in [0.2, 0.25) is 0 Å². The van der Waals surface area contributed by atoms with E-state index < -0.39 is 0 Å². The zero-order chi connectivity index (χ0) is 14.3. The predicted molar refractivity (Wildman–Crippen MR) is 84.8 cm³/mol. The van der Waals surface area contributed by atoms with Gasteiger partial charge in [-0.1, -0.05) is 15.9 Å². The molecule has 1 aromatic carbocycles. The zero-order valence-corrected chi connectivity index (χ0v) is 13.6. The third-order valence-electron chi connectivity index (χ3n) is 3.83. The summed E-state index contributed by atoms with van der Waals surface area (Å²) < 4.78 is 1.17.